The number of aromatic nitrogens is 7. The molecule has 0 bridgehead atoms. The number of anilines is 2. The zero-order chi connectivity index (χ0) is 24.1. The molecule has 2 N–H and O–H groups in total. The summed E-state index contributed by atoms with van der Waals surface area (Å²) in [6.45, 7) is 1.80. The van der Waals surface area contributed by atoms with Gasteiger partial charge in [0, 0.05) is 31.8 Å². The van der Waals surface area contributed by atoms with Crippen LogP contribution in [0.3, 0.4) is 0 Å². The number of aryl methyl sites for hydroxylation is 2. The highest BCUT2D eigenvalue weighted by molar-refractivity contribution is 6.11. The Morgan fingerprint density at radius 3 is 2.35 bits per heavy atom. The fourth-order valence-electron chi connectivity index (χ4n) is 3.66. The van der Waals surface area contributed by atoms with E-state index in [2.05, 4.69) is 30.9 Å². The van der Waals surface area contributed by atoms with Gasteiger partial charge < -0.3 is 10.6 Å². The Bertz CT molecular complexity index is 1430. The van der Waals surface area contributed by atoms with Crippen molar-refractivity contribution in [2.24, 2.45) is 14.1 Å². The van der Waals surface area contributed by atoms with Crippen molar-refractivity contribution in [3.63, 3.8) is 0 Å². The van der Waals surface area contributed by atoms with Crippen LogP contribution in [0.5, 0.6) is 0 Å². The van der Waals surface area contributed by atoms with Crippen molar-refractivity contribution in [3.8, 4) is 0 Å². The van der Waals surface area contributed by atoms with Gasteiger partial charge in [-0.25, -0.2) is 18.3 Å². The minimum Gasteiger partial charge on any atom is -0.318 e. The summed E-state index contributed by atoms with van der Waals surface area (Å²) >= 11 is 0. The molecular weight excluding hydrogens is 448 g/mol. The van der Waals surface area contributed by atoms with Crippen LogP contribution in [0, 0.1) is 6.92 Å². The zero-order valence-corrected chi connectivity index (χ0v) is 18.6. The normalized spacial score (nSPS) is 13.6. The molecule has 11 nitrogen and oxygen atoms in total. The van der Waals surface area contributed by atoms with E-state index < -0.39 is 18.2 Å². The standard InChI is InChI=1S/C21H21F2N9O2/c1-10-14(8-24-30(10)2)27-21(34)18-15(9-25-31(18)3)28-20(33)13-7-17-26-12(11-4-5-11)6-16(19(22)23)32(17)29-13/h6-9,11,19H,4-5H2,1-3H3,(H,27,34)(H,28,33). The molecular formula is C21H21F2N9O2. The van der Waals surface area contributed by atoms with E-state index in [9.17, 15) is 18.4 Å². The molecule has 0 spiro atoms. The number of fused-ring (bicyclic) bond motifs is 1. The molecule has 0 radical (unpaired) electrons. The summed E-state index contributed by atoms with van der Waals surface area (Å²) in [6, 6.07) is 2.69. The maximum Gasteiger partial charge on any atom is 0.280 e. The second-order valence-electron chi connectivity index (χ2n) is 8.19. The van der Waals surface area contributed by atoms with Crippen LogP contribution in [-0.4, -0.2) is 46.0 Å². The molecule has 176 valence electrons. The first-order valence-electron chi connectivity index (χ1n) is 10.5. The van der Waals surface area contributed by atoms with Gasteiger partial charge in [0.15, 0.2) is 11.3 Å². The maximum absolute atomic E-state index is 13.6. The first-order chi connectivity index (χ1) is 16.2. The Hall–Kier alpha value is -4.16. The molecule has 0 saturated heterocycles. The third-order valence-corrected chi connectivity index (χ3v) is 5.81. The van der Waals surface area contributed by atoms with Crippen LogP contribution in [0.25, 0.3) is 5.65 Å². The van der Waals surface area contributed by atoms with Gasteiger partial charge in [0.1, 0.15) is 11.4 Å². The van der Waals surface area contributed by atoms with Gasteiger partial charge in [0.05, 0.1) is 29.5 Å². The lowest BCUT2D eigenvalue weighted by molar-refractivity contribution is 0.101. The van der Waals surface area contributed by atoms with E-state index in [-0.39, 0.29) is 34.3 Å². The number of carbonyl (C=O) groups is 2. The van der Waals surface area contributed by atoms with Crippen molar-refractivity contribution < 1.29 is 18.4 Å². The fraction of sp³-hybridized carbons (Fsp3) is 0.333. The highest BCUT2D eigenvalue weighted by Gasteiger charge is 2.29. The molecule has 1 aliphatic carbocycles. The molecule has 0 aliphatic heterocycles. The van der Waals surface area contributed by atoms with Crippen LogP contribution in [0.1, 0.15) is 63.2 Å². The third-order valence-electron chi connectivity index (χ3n) is 5.81. The highest BCUT2D eigenvalue weighted by atomic mass is 19.3. The van der Waals surface area contributed by atoms with Gasteiger partial charge in [-0.05, 0) is 25.8 Å². The molecule has 34 heavy (non-hydrogen) atoms. The Kier molecular flexibility index (Phi) is 5.10. The molecule has 0 atom stereocenters. The number of hydrogen-bond donors (Lipinski definition) is 2. The lowest BCUT2D eigenvalue weighted by Gasteiger charge is -2.08. The predicted octanol–water partition coefficient (Wildman–Crippen LogP) is 2.82. The van der Waals surface area contributed by atoms with E-state index in [0.717, 1.165) is 23.1 Å². The molecule has 1 saturated carbocycles. The van der Waals surface area contributed by atoms with Crippen molar-refractivity contribution in [1.82, 2.24) is 34.2 Å². The Morgan fingerprint density at radius 1 is 1.03 bits per heavy atom. The zero-order valence-electron chi connectivity index (χ0n) is 18.6. The second-order valence-corrected chi connectivity index (χ2v) is 8.19. The van der Waals surface area contributed by atoms with Gasteiger partial charge in [-0.15, -0.1) is 0 Å². The van der Waals surface area contributed by atoms with Crippen molar-refractivity contribution in [3.05, 3.63) is 53.0 Å². The van der Waals surface area contributed by atoms with Crippen molar-refractivity contribution >= 4 is 28.8 Å². The van der Waals surface area contributed by atoms with Gasteiger partial charge in [-0.1, -0.05) is 0 Å². The summed E-state index contributed by atoms with van der Waals surface area (Å²) in [5.41, 5.74) is 1.82. The predicted molar refractivity (Wildman–Crippen MR) is 117 cm³/mol. The molecule has 5 rings (SSSR count). The molecule has 1 aliphatic rings. The van der Waals surface area contributed by atoms with E-state index in [1.807, 2.05) is 0 Å². The van der Waals surface area contributed by atoms with Gasteiger partial charge >= 0.3 is 0 Å². The SMILES string of the molecule is Cc1c(NC(=O)c2c(NC(=O)c3cc4nc(C5CC5)cc(C(F)F)n4n3)cnn2C)cnn1C. The lowest BCUT2D eigenvalue weighted by atomic mass is 10.2. The summed E-state index contributed by atoms with van der Waals surface area (Å²) in [5, 5.41) is 17.5. The average molecular weight is 469 g/mol. The number of halogens is 2. The average Bonchev–Trinajstić information content (AvgIpc) is 3.35. The van der Waals surface area contributed by atoms with Crippen molar-refractivity contribution in [2.75, 3.05) is 10.6 Å². The maximum atomic E-state index is 13.6. The quantitative estimate of drug-likeness (QED) is 0.448. The van der Waals surface area contributed by atoms with Crippen molar-refractivity contribution in [2.45, 2.75) is 32.1 Å². The minimum atomic E-state index is -2.77. The smallest absolute Gasteiger partial charge is 0.280 e. The Labute approximate surface area is 191 Å². The summed E-state index contributed by atoms with van der Waals surface area (Å²) in [4.78, 5) is 30.2. The number of carbonyl (C=O) groups excluding carboxylic acids is 2. The molecule has 0 aromatic carbocycles. The number of amides is 2. The first kappa shape index (κ1) is 21.7. The minimum absolute atomic E-state index is 0.0998. The third kappa shape index (κ3) is 3.78. The number of hydrogen-bond acceptors (Lipinski definition) is 6. The van der Waals surface area contributed by atoms with E-state index in [4.69, 9.17) is 0 Å². The Balaban J connectivity index is 1.42. The van der Waals surface area contributed by atoms with Gasteiger partial charge in [0.25, 0.3) is 18.2 Å². The number of rotatable bonds is 6. The van der Waals surface area contributed by atoms with Crippen LogP contribution in [0.15, 0.2) is 24.5 Å². The molecule has 4 aromatic rings. The number of nitrogens with zero attached hydrogens (tertiary/aromatic N) is 7. The summed E-state index contributed by atoms with van der Waals surface area (Å²) < 4.78 is 31.2. The Morgan fingerprint density at radius 2 is 1.71 bits per heavy atom. The van der Waals surface area contributed by atoms with Gasteiger partial charge in [0.2, 0.25) is 0 Å². The molecule has 4 aromatic heterocycles. The largest absolute Gasteiger partial charge is 0.318 e. The van der Waals surface area contributed by atoms with E-state index >= 15 is 0 Å². The summed E-state index contributed by atoms with van der Waals surface area (Å²) in [5.74, 6) is -1.02. The summed E-state index contributed by atoms with van der Waals surface area (Å²) in [7, 11) is 3.31. The fourth-order valence-corrected chi connectivity index (χ4v) is 3.66. The van der Waals surface area contributed by atoms with Gasteiger partial charge in [-0.3, -0.25) is 19.0 Å². The van der Waals surface area contributed by atoms with Crippen LogP contribution < -0.4 is 10.6 Å². The van der Waals surface area contributed by atoms with E-state index in [1.165, 1.54) is 29.2 Å². The molecule has 1 fully saturated rings. The molecule has 13 heteroatoms. The molecule has 0 unspecified atom stereocenters. The van der Waals surface area contributed by atoms with E-state index in [1.54, 1.807) is 25.7 Å². The van der Waals surface area contributed by atoms with Crippen LogP contribution in [-0.2, 0) is 14.1 Å². The van der Waals surface area contributed by atoms with Crippen molar-refractivity contribution in [1.29, 1.82) is 0 Å². The lowest BCUT2D eigenvalue weighted by Crippen LogP contribution is -2.20. The highest BCUT2D eigenvalue weighted by Crippen LogP contribution is 2.40. The monoisotopic (exact) mass is 469 g/mol. The molecule has 2 amide bonds. The second kappa shape index (κ2) is 8.01. The van der Waals surface area contributed by atoms with Crippen LogP contribution in [0.2, 0.25) is 0 Å². The number of alkyl halides is 2. The first-order valence-corrected chi connectivity index (χ1v) is 10.5. The van der Waals surface area contributed by atoms with E-state index in [0.29, 0.717) is 11.4 Å². The molecule has 4 heterocycles. The van der Waals surface area contributed by atoms with Gasteiger partial charge in [-0.2, -0.15) is 15.3 Å². The summed E-state index contributed by atoms with van der Waals surface area (Å²) in [6.07, 6.45) is 1.87. The number of nitrogens with one attached hydrogen (secondary N) is 2. The van der Waals surface area contributed by atoms with Crippen LogP contribution >= 0.6 is 0 Å². The topological polar surface area (TPSA) is 124 Å². The van der Waals surface area contributed by atoms with Crippen LogP contribution in [0.4, 0.5) is 20.2 Å².